The van der Waals surface area contributed by atoms with Gasteiger partial charge in [-0.05, 0) is 84.8 Å². The van der Waals surface area contributed by atoms with Crippen LogP contribution in [0.4, 0.5) is 0 Å². The van der Waals surface area contributed by atoms with E-state index in [-0.39, 0.29) is 0 Å². The van der Waals surface area contributed by atoms with Gasteiger partial charge in [0.05, 0.1) is 22.1 Å². The van der Waals surface area contributed by atoms with Crippen LogP contribution in [0.25, 0.3) is 88.1 Å². The molecule has 0 saturated heterocycles. The molecule has 0 radical (unpaired) electrons. The number of rotatable bonds is 3. The van der Waals surface area contributed by atoms with Crippen molar-refractivity contribution in [1.82, 2.24) is 9.13 Å². The maximum atomic E-state index is 6.09. The van der Waals surface area contributed by atoms with Gasteiger partial charge in [0.1, 0.15) is 11.2 Å². The lowest BCUT2D eigenvalue weighted by molar-refractivity contribution is 0.669. The lowest BCUT2D eigenvalue weighted by Gasteiger charge is -2.11. The van der Waals surface area contributed by atoms with Gasteiger partial charge >= 0.3 is 0 Å². The van der Waals surface area contributed by atoms with Crippen LogP contribution in [0.3, 0.4) is 0 Å². The minimum Gasteiger partial charge on any atom is -0.456 e. The summed E-state index contributed by atoms with van der Waals surface area (Å²) in [6.07, 6.45) is 0. The summed E-state index contributed by atoms with van der Waals surface area (Å²) in [7, 11) is 0. The molecule has 3 aromatic heterocycles. The Kier molecular flexibility index (Phi) is 5.20. The number of nitrogens with zero attached hydrogens (tertiary/aromatic N) is 2. The number of para-hydroxylation sites is 3. The van der Waals surface area contributed by atoms with Crippen molar-refractivity contribution in [3.8, 4) is 22.5 Å². The largest absolute Gasteiger partial charge is 0.456 e. The molecule has 216 valence electrons. The van der Waals surface area contributed by atoms with Gasteiger partial charge in [-0.25, -0.2) is 0 Å². The average Bonchev–Trinajstić information content (AvgIpc) is 3.76. The smallest absolute Gasteiger partial charge is 0.135 e. The SMILES string of the molecule is Cc1ccc2c(c1)c1ccc3c(c4ccccc4n3-c3ccccc3)c1n2-c1ccc(-c2ccc3oc4ccccc4c3c2)cc1. The zero-order valence-electron chi connectivity index (χ0n) is 25.2. The third-order valence-electron chi connectivity index (χ3n) is 9.57. The lowest BCUT2D eigenvalue weighted by Crippen LogP contribution is -1.95. The third kappa shape index (κ3) is 3.54. The van der Waals surface area contributed by atoms with E-state index in [0.717, 1.165) is 27.6 Å². The fourth-order valence-electron chi connectivity index (χ4n) is 7.50. The molecule has 0 fully saturated rings. The summed E-state index contributed by atoms with van der Waals surface area (Å²) in [4.78, 5) is 0. The fraction of sp³-hybridized carbons (Fsp3) is 0.0233. The Bertz CT molecular complexity index is 2790. The van der Waals surface area contributed by atoms with E-state index in [0.29, 0.717) is 0 Å². The predicted octanol–water partition coefficient (Wildman–Crippen LogP) is 11.8. The number of fused-ring (bicyclic) bond motifs is 10. The zero-order valence-corrected chi connectivity index (χ0v) is 25.2. The molecule has 46 heavy (non-hydrogen) atoms. The van der Waals surface area contributed by atoms with E-state index >= 15 is 0 Å². The minimum absolute atomic E-state index is 0.917. The summed E-state index contributed by atoms with van der Waals surface area (Å²) in [6, 6.07) is 54.7. The van der Waals surface area contributed by atoms with E-state index in [2.05, 4.69) is 156 Å². The van der Waals surface area contributed by atoms with E-state index in [1.54, 1.807) is 0 Å². The van der Waals surface area contributed by atoms with Gasteiger partial charge in [-0.2, -0.15) is 0 Å². The van der Waals surface area contributed by atoms with Gasteiger partial charge < -0.3 is 13.6 Å². The van der Waals surface area contributed by atoms with E-state index in [4.69, 9.17) is 4.42 Å². The van der Waals surface area contributed by atoms with Crippen molar-refractivity contribution < 1.29 is 4.42 Å². The van der Waals surface area contributed by atoms with Gasteiger partial charge in [0.25, 0.3) is 0 Å². The molecule has 0 amide bonds. The first-order chi connectivity index (χ1) is 22.7. The maximum absolute atomic E-state index is 6.09. The Balaban J connectivity index is 1.23. The first-order valence-electron chi connectivity index (χ1n) is 15.8. The molecule has 3 heteroatoms. The van der Waals surface area contributed by atoms with Crippen LogP contribution >= 0.6 is 0 Å². The number of aromatic nitrogens is 2. The van der Waals surface area contributed by atoms with Crippen molar-refractivity contribution in [3.05, 3.63) is 157 Å². The molecule has 0 aliphatic rings. The second-order valence-corrected chi connectivity index (χ2v) is 12.3. The molecule has 0 bridgehead atoms. The normalized spacial score (nSPS) is 12.0. The molecule has 3 heterocycles. The molecule has 0 aliphatic heterocycles. The van der Waals surface area contributed by atoms with Crippen LogP contribution in [-0.4, -0.2) is 9.13 Å². The fourth-order valence-corrected chi connectivity index (χ4v) is 7.50. The highest BCUT2D eigenvalue weighted by atomic mass is 16.3. The van der Waals surface area contributed by atoms with Crippen molar-refractivity contribution in [2.24, 2.45) is 0 Å². The zero-order chi connectivity index (χ0) is 30.4. The monoisotopic (exact) mass is 588 g/mol. The van der Waals surface area contributed by atoms with Gasteiger partial charge in [0, 0.05) is 43.7 Å². The van der Waals surface area contributed by atoms with Crippen LogP contribution in [0.1, 0.15) is 5.56 Å². The van der Waals surface area contributed by atoms with Crippen molar-refractivity contribution in [3.63, 3.8) is 0 Å². The van der Waals surface area contributed by atoms with Crippen molar-refractivity contribution in [1.29, 1.82) is 0 Å². The lowest BCUT2D eigenvalue weighted by atomic mass is 10.0. The van der Waals surface area contributed by atoms with Crippen LogP contribution in [0.2, 0.25) is 0 Å². The molecule has 3 nitrogen and oxygen atoms in total. The Labute approximate surface area is 265 Å². The van der Waals surface area contributed by atoms with Gasteiger partial charge in [0.15, 0.2) is 0 Å². The summed E-state index contributed by atoms with van der Waals surface area (Å²) in [5.74, 6) is 0. The first kappa shape index (κ1) is 25.3. The van der Waals surface area contributed by atoms with Crippen molar-refractivity contribution in [2.75, 3.05) is 0 Å². The minimum atomic E-state index is 0.917. The van der Waals surface area contributed by atoms with Crippen LogP contribution in [0.15, 0.2) is 156 Å². The molecule has 10 rings (SSSR count). The maximum Gasteiger partial charge on any atom is 0.135 e. The Morgan fingerprint density at radius 2 is 1.09 bits per heavy atom. The van der Waals surface area contributed by atoms with E-state index < -0.39 is 0 Å². The Morgan fingerprint density at radius 1 is 0.413 bits per heavy atom. The highest BCUT2D eigenvalue weighted by molar-refractivity contribution is 6.26. The van der Waals surface area contributed by atoms with Crippen LogP contribution in [0.5, 0.6) is 0 Å². The Hall–Kier alpha value is -6.06. The number of hydrogen-bond donors (Lipinski definition) is 0. The summed E-state index contributed by atoms with van der Waals surface area (Å²) in [6.45, 7) is 2.18. The predicted molar refractivity (Wildman–Crippen MR) is 193 cm³/mol. The third-order valence-corrected chi connectivity index (χ3v) is 9.57. The molecule has 0 N–H and O–H groups in total. The van der Waals surface area contributed by atoms with Gasteiger partial charge in [-0.15, -0.1) is 0 Å². The van der Waals surface area contributed by atoms with Gasteiger partial charge in [-0.1, -0.05) is 90.5 Å². The van der Waals surface area contributed by atoms with E-state index in [1.807, 2.05) is 12.1 Å². The quantitative estimate of drug-likeness (QED) is 0.201. The van der Waals surface area contributed by atoms with Crippen LogP contribution in [0, 0.1) is 6.92 Å². The summed E-state index contributed by atoms with van der Waals surface area (Å²) in [5, 5.41) is 7.36. The molecule has 0 spiro atoms. The van der Waals surface area contributed by atoms with Gasteiger partial charge in [0.2, 0.25) is 0 Å². The molecule has 0 saturated carbocycles. The summed E-state index contributed by atoms with van der Waals surface area (Å²) >= 11 is 0. The van der Waals surface area contributed by atoms with Crippen molar-refractivity contribution >= 4 is 65.6 Å². The molecular weight excluding hydrogens is 560 g/mol. The summed E-state index contributed by atoms with van der Waals surface area (Å²) < 4.78 is 11.0. The Morgan fingerprint density at radius 3 is 1.96 bits per heavy atom. The van der Waals surface area contributed by atoms with E-state index in [9.17, 15) is 0 Å². The topological polar surface area (TPSA) is 23.0 Å². The van der Waals surface area contributed by atoms with Crippen molar-refractivity contribution in [2.45, 2.75) is 6.92 Å². The second-order valence-electron chi connectivity index (χ2n) is 12.3. The average molecular weight is 589 g/mol. The molecule has 10 aromatic rings. The van der Waals surface area contributed by atoms with Crippen LogP contribution < -0.4 is 0 Å². The molecule has 0 unspecified atom stereocenters. The first-order valence-corrected chi connectivity index (χ1v) is 15.8. The standard InChI is InChI=1S/C43H28N2O/c1-27-15-22-38-35(25-27)33-21-23-39-42(34-12-5-7-13-37(34)44(39)30-9-3-2-4-10-30)43(33)45(38)31-19-16-28(17-20-31)29-18-24-41-36(26-29)32-11-6-8-14-40(32)46-41/h2-26H,1H3. The van der Waals surface area contributed by atoms with Gasteiger partial charge in [-0.3, -0.25) is 0 Å². The number of hydrogen-bond acceptors (Lipinski definition) is 1. The molecule has 0 aliphatic carbocycles. The van der Waals surface area contributed by atoms with E-state index in [1.165, 1.54) is 66.0 Å². The molecule has 0 atom stereocenters. The summed E-state index contributed by atoms with van der Waals surface area (Å²) in [5.41, 5.74) is 12.6. The molecule has 7 aromatic carbocycles. The highest BCUT2D eigenvalue weighted by Crippen LogP contribution is 2.42. The highest BCUT2D eigenvalue weighted by Gasteiger charge is 2.21. The number of aryl methyl sites for hydroxylation is 1. The molecular formula is C43H28N2O. The second kappa shape index (κ2) is 9.47. The van der Waals surface area contributed by atoms with Crippen LogP contribution in [-0.2, 0) is 0 Å². The number of benzene rings is 7. The number of furan rings is 1.